The fraction of sp³-hybridized carbons (Fsp3) is 0.698. The summed E-state index contributed by atoms with van der Waals surface area (Å²) in [4.78, 5) is 94.7. The molecule has 8 atom stereocenters. The van der Waals surface area contributed by atoms with E-state index in [0.29, 0.717) is 30.8 Å². The third kappa shape index (κ3) is 15.9. The van der Waals surface area contributed by atoms with Crippen LogP contribution in [0.4, 0.5) is 5.69 Å². The fourth-order valence-corrected chi connectivity index (χ4v) is 8.71. The maximum atomic E-state index is 14.1. The number of nitrogens with zero attached hydrogens (tertiary/aromatic N) is 3. The zero-order chi connectivity index (χ0) is 46.0. The van der Waals surface area contributed by atoms with Crippen molar-refractivity contribution in [2.24, 2.45) is 23.7 Å². The van der Waals surface area contributed by atoms with E-state index >= 15 is 0 Å². The monoisotopic (exact) mass is 877 g/mol. The van der Waals surface area contributed by atoms with Gasteiger partial charge in [0.25, 0.3) is 0 Å². The average Bonchev–Trinajstić information content (AvgIpc) is 3.70. The predicted octanol–water partition coefficient (Wildman–Crippen LogP) is 2.40. The third-order valence-corrected chi connectivity index (χ3v) is 12.3. The van der Waals surface area contributed by atoms with Crippen LogP contribution in [0.2, 0.25) is 0 Å². The van der Waals surface area contributed by atoms with Crippen molar-refractivity contribution in [1.29, 1.82) is 0 Å². The lowest BCUT2D eigenvalue weighted by Crippen LogP contribution is -2.55. The van der Waals surface area contributed by atoms with Gasteiger partial charge in [-0.3, -0.25) is 43.2 Å². The van der Waals surface area contributed by atoms with Crippen LogP contribution in [0, 0.1) is 23.7 Å². The number of likely N-dealkylation sites (tertiary alicyclic amines) is 1. The first-order chi connectivity index (χ1) is 28.8. The fourth-order valence-electron chi connectivity index (χ4n) is 7.95. The van der Waals surface area contributed by atoms with Crippen molar-refractivity contribution < 1.29 is 43.0 Å². The van der Waals surface area contributed by atoms with Crippen molar-refractivity contribution in [3.05, 3.63) is 29.8 Å². The van der Waals surface area contributed by atoms with Crippen LogP contribution >= 0.6 is 11.9 Å². The van der Waals surface area contributed by atoms with E-state index in [4.69, 9.17) is 9.47 Å². The van der Waals surface area contributed by atoms with Crippen LogP contribution in [0.25, 0.3) is 0 Å². The molecule has 2 rings (SSSR count). The van der Waals surface area contributed by atoms with Gasteiger partial charge in [0.1, 0.15) is 6.04 Å². The lowest BCUT2D eigenvalue weighted by Gasteiger charge is -2.39. The minimum atomic E-state index is -0.742. The Morgan fingerprint density at radius 3 is 2.07 bits per heavy atom. The van der Waals surface area contributed by atoms with Crippen LogP contribution in [-0.4, -0.2) is 148 Å². The summed E-state index contributed by atoms with van der Waals surface area (Å²) in [6, 6.07) is 5.17. The molecule has 0 aromatic heterocycles. The topological polar surface area (TPSA) is 208 Å². The first-order valence-electron chi connectivity index (χ1n) is 21.2. The Morgan fingerprint density at radius 2 is 1.52 bits per heavy atom. The van der Waals surface area contributed by atoms with E-state index in [1.54, 1.807) is 56.9 Å². The Hall–Kier alpha value is -4.26. The van der Waals surface area contributed by atoms with Gasteiger partial charge in [-0.05, 0) is 74.3 Å². The van der Waals surface area contributed by atoms with Crippen LogP contribution in [0.3, 0.4) is 0 Å². The second-order valence-electron chi connectivity index (χ2n) is 16.7. The van der Waals surface area contributed by atoms with Crippen molar-refractivity contribution in [2.45, 2.75) is 116 Å². The van der Waals surface area contributed by atoms with Gasteiger partial charge in [0.05, 0.1) is 55.8 Å². The van der Waals surface area contributed by atoms with E-state index in [9.17, 15) is 33.6 Å². The molecule has 1 aliphatic heterocycles. The number of hydrogen-bond donors (Lipinski definition) is 5. The molecular formula is C43H72N8O9S. The van der Waals surface area contributed by atoms with Crippen molar-refractivity contribution in [3.8, 4) is 0 Å². The van der Waals surface area contributed by atoms with E-state index in [0.717, 1.165) is 18.4 Å². The van der Waals surface area contributed by atoms with Gasteiger partial charge in [0.2, 0.25) is 41.9 Å². The number of carbonyl (C=O) groups is 7. The normalized spacial score (nSPS) is 17.4. The minimum Gasteiger partial charge on any atom is -0.379 e. The second kappa shape index (κ2) is 26.3. The van der Waals surface area contributed by atoms with E-state index in [1.165, 1.54) is 19.1 Å². The Morgan fingerprint density at radius 1 is 0.885 bits per heavy atom. The number of methoxy groups -OCH3 is 2. The Labute approximate surface area is 367 Å². The molecule has 1 aromatic rings. The summed E-state index contributed by atoms with van der Waals surface area (Å²) in [6.45, 7) is 13.4. The quantitative estimate of drug-likeness (QED) is 0.0675. The number of nitrogens with one attached hydrogen (secondary N) is 5. The molecule has 1 aliphatic rings. The number of likely N-dealkylation sites (N-methyl/N-ethyl adjacent to an activating group) is 2. The lowest BCUT2D eigenvalue weighted by molar-refractivity contribution is -0.145. The zero-order valence-corrected chi connectivity index (χ0v) is 39.1. The number of anilines is 1. The third-order valence-electron chi connectivity index (χ3n) is 11.4. The number of amides is 7. The van der Waals surface area contributed by atoms with Gasteiger partial charge in [0, 0.05) is 39.3 Å². The van der Waals surface area contributed by atoms with Gasteiger partial charge in [-0.1, -0.05) is 67.0 Å². The summed E-state index contributed by atoms with van der Waals surface area (Å²) in [6.07, 6.45) is 1.42. The number of benzene rings is 1. The molecule has 1 saturated heterocycles. The van der Waals surface area contributed by atoms with Gasteiger partial charge in [0.15, 0.2) is 0 Å². The molecule has 7 amide bonds. The minimum absolute atomic E-state index is 0.0171. The van der Waals surface area contributed by atoms with E-state index < -0.39 is 42.0 Å². The number of hydrogen-bond acceptors (Lipinski definition) is 11. The molecule has 17 nitrogen and oxygen atoms in total. The van der Waals surface area contributed by atoms with E-state index in [2.05, 4.69) is 26.0 Å². The smallest absolute Gasteiger partial charge is 0.243 e. The Bertz CT molecular complexity index is 1590. The molecule has 0 spiro atoms. The molecule has 344 valence electrons. The molecule has 18 heteroatoms. The Balaban J connectivity index is 2.00. The van der Waals surface area contributed by atoms with Gasteiger partial charge < -0.3 is 40.5 Å². The molecule has 61 heavy (non-hydrogen) atoms. The number of rotatable bonds is 26. The molecule has 0 bridgehead atoms. The first-order valence-corrected chi connectivity index (χ1v) is 22.1. The molecule has 1 fully saturated rings. The van der Waals surface area contributed by atoms with Crippen molar-refractivity contribution in [2.75, 3.05) is 60.3 Å². The highest BCUT2D eigenvalue weighted by Gasteiger charge is 2.42. The molecule has 0 saturated carbocycles. The van der Waals surface area contributed by atoms with Crippen LogP contribution in [-0.2, 0) is 48.8 Å². The van der Waals surface area contributed by atoms with Crippen molar-refractivity contribution >= 4 is 59.5 Å². The van der Waals surface area contributed by atoms with Crippen LogP contribution in [0.1, 0.15) is 79.7 Å². The maximum Gasteiger partial charge on any atom is 0.243 e. The number of ether oxygens (including phenoxy) is 2. The van der Waals surface area contributed by atoms with Gasteiger partial charge in [-0.25, -0.2) is 0 Å². The van der Waals surface area contributed by atoms with Gasteiger partial charge >= 0.3 is 0 Å². The number of carbonyl (C=O) groups excluding carboxylic acids is 7. The zero-order valence-electron chi connectivity index (χ0n) is 38.2. The van der Waals surface area contributed by atoms with Crippen molar-refractivity contribution in [3.63, 3.8) is 0 Å². The first kappa shape index (κ1) is 52.9. The van der Waals surface area contributed by atoms with Crippen LogP contribution in [0.5, 0.6) is 0 Å². The summed E-state index contributed by atoms with van der Waals surface area (Å²) < 4.78 is 14.8. The lowest BCUT2D eigenvalue weighted by atomic mass is 9.90. The molecule has 8 unspecified atom stereocenters. The highest BCUT2D eigenvalue weighted by atomic mass is 32.2. The van der Waals surface area contributed by atoms with Crippen LogP contribution < -0.4 is 26.0 Å². The van der Waals surface area contributed by atoms with E-state index in [-0.39, 0.29) is 73.0 Å². The summed E-state index contributed by atoms with van der Waals surface area (Å²) in [5, 5.41) is 10.5. The van der Waals surface area contributed by atoms with Gasteiger partial charge in [-0.2, -0.15) is 0 Å². The second-order valence-corrected chi connectivity index (χ2v) is 17.5. The average molecular weight is 877 g/mol. The predicted molar refractivity (Wildman–Crippen MR) is 237 cm³/mol. The SMILES string of the molecule is CCC(C)C(C(CC(=O)N1CCCC1C(OC)C(C)C(=O)NSCc1ccc(NC(=O)CNC(=O)C(NC=O)C(C)C)cc1)OC)N(C)C(=O)CNC(=O)C(C(C)C)N(C)C. The molecule has 1 aromatic carbocycles. The highest BCUT2D eigenvalue weighted by Crippen LogP contribution is 2.29. The van der Waals surface area contributed by atoms with Gasteiger partial charge in [-0.15, -0.1) is 0 Å². The summed E-state index contributed by atoms with van der Waals surface area (Å²) in [7, 11) is 8.43. The van der Waals surface area contributed by atoms with Crippen LogP contribution in [0.15, 0.2) is 24.3 Å². The molecule has 1 heterocycles. The van der Waals surface area contributed by atoms with Crippen molar-refractivity contribution in [1.82, 2.24) is 35.4 Å². The molecule has 0 radical (unpaired) electrons. The molecular weight excluding hydrogens is 805 g/mol. The van der Waals surface area contributed by atoms with E-state index in [1.807, 2.05) is 58.8 Å². The molecule has 0 aliphatic carbocycles. The highest BCUT2D eigenvalue weighted by molar-refractivity contribution is 7.97. The largest absolute Gasteiger partial charge is 0.379 e. The molecule has 5 N–H and O–H groups in total. The maximum absolute atomic E-state index is 14.1. The summed E-state index contributed by atoms with van der Waals surface area (Å²) in [5.74, 6) is -2.03. The summed E-state index contributed by atoms with van der Waals surface area (Å²) >= 11 is 1.22. The Kier molecular flexibility index (Phi) is 22.8. The standard InChI is InChI=1S/C43H72N8O9S/c1-13-28(6)39(50(10)36(55)23-45-43(58)38(27(4)5)49(8)9)33(59-11)21-35(54)51-20-14-15-32(51)40(60-12)29(7)41(56)48-61-24-30-16-18-31(19-17-30)47-34(53)22-44-42(57)37(26(2)3)46-25-52/h16-19,25-29,32-33,37-40H,13-15,20-24H2,1-12H3,(H,44,57)(H,45,58)(H,46,52)(H,47,53)(H,48,56). The summed E-state index contributed by atoms with van der Waals surface area (Å²) in [5.41, 5.74) is 1.42.